The van der Waals surface area contributed by atoms with E-state index in [9.17, 15) is 18.9 Å². The number of ether oxygens (including phenoxy) is 2. The average Bonchev–Trinajstić information content (AvgIpc) is 3.72. The van der Waals surface area contributed by atoms with Crippen molar-refractivity contribution in [2.75, 3.05) is 18.1 Å². The first kappa shape index (κ1) is 28.3. The predicted octanol–water partition coefficient (Wildman–Crippen LogP) is 0.954. The summed E-state index contributed by atoms with van der Waals surface area (Å²) in [6, 6.07) is 0. The van der Waals surface area contributed by atoms with Gasteiger partial charge in [-0.25, -0.2) is 38.9 Å². The third-order valence-electron chi connectivity index (χ3n) is 7.15. The molecule has 43 heavy (non-hydrogen) atoms. The average molecular weight is 640 g/mol. The minimum absolute atomic E-state index is 0.0231. The number of hydrogen-bond acceptors (Lipinski definition) is 15. The minimum atomic E-state index is -4.82. The van der Waals surface area contributed by atoms with Gasteiger partial charge in [0.1, 0.15) is 54.3 Å². The predicted molar refractivity (Wildman–Crippen MR) is 141 cm³/mol. The molecule has 228 valence electrons. The zero-order valence-corrected chi connectivity index (χ0v) is 23.5. The van der Waals surface area contributed by atoms with Gasteiger partial charge in [-0.15, -0.1) is 0 Å². The molecular weight excluding hydrogens is 617 g/mol. The van der Waals surface area contributed by atoms with Crippen LogP contribution < -0.4 is 11.5 Å². The Morgan fingerprint density at radius 3 is 2.23 bits per heavy atom. The highest BCUT2D eigenvalue weighted by Crippen LogP contribution is 2.54. The van der Waals surface area contributed by atoms with Crippen LogP contribution in [-0.4, -0.2) is 86.0 Å². The summed E-state index contributed by atoms with van der Waals surface area (Å²) in [5.41, 5.74) is 12.6. The van der Waals surface area contributed by atoms with Gasteiger partial charge in [-0.3, -0.25) is 27.3 Å². The summed E-state index contributed by atoms with van der Waals surface area (Å²) >= 11 is 0. The molecule has 19 nitrogen and oxygen atoms in total. The number of hydrogen-bond donors (Lipinski definition) is 4. The molecule has 0 radical (unpaired) electrons. The van der Waals surface area contributed by atoms with E-state index in [2.05, 4.69) is 29.9 Å². The quantitative estimate of drug-likeness (QED) is 0.222. The van der Waals surface area contributed by atoms with Crippen LogP contribution in [-0.2, 0) is 32.2 Å². The van der Waals surface area contributed by atoms with Crippen molar-refractivity contribution >= 4 is 49.4 Å². The van der Waals surface area contributed by atoms with E-state index >= 15 is 4.39 Å². The van der Waals surface area contributed by atoms with Crippen LogP contribution in [0, 0.1) is 0 Å². The van der Waals surface area contributed by atoms with Crippen molar-refractivity contribution in [1.29, 1.82) is 0 Å². The smallest absolute Gasteiger partial charge is 0.382 e. The van der Waals surface area contributed by atoms with Crippen molar-refractivity contribution in [3.8, 4) is 0 Å². The summed E-state index contributed by atoms with van der Waals surface area (Å²) < 4.78 is 72.4. The van der Waals surface area contributed by atoms with Crippen LogP contribution in [0.15, 0.2) is 37.2 Å². The molecule has 0 bridgehead atoms. The lowest BCUT2D eigenvalue weighted by atomic mass is 10.1. The van der Waals surface area contributed by atoms with Crippen LogP contribution in [0.1, 0.15) is 18.9 Å². The fraction of sp³-hybridized carbons (Fsp3) is 0.429. The number of nitrogens with zero attached hydrogens (tertiary/aromatic N) is 8. The van der Waals surface area contributed by atoms with E-state index in [-0.39, 0.29) is 29.2 Å². The lowest BCUT2D eigenvalue weighted by Gasteiger charge is -2.25. The van der Waals surface area contributed by atoms with Gasteiger partial charge in [0.05, 0.1) is 19.3 Å². The molecule has 0 saturated carbocycles. The summed E-state index contributed by atoms with van der Waals surface area (Å²) in [6.45, 7) is -0.743. The number of rotatable bonds is 2. The molecule has 6 N–H and O–H groups in total. The molecule has 0 spiro atoms. The van der Waals surface area contributed by atoms with Crippen LogP contribution in [0.5, 0.6) is 0 Å². The van der Waals surface area contributed by atoms with Crippen molar-refractivity contribution in [2.24, 2.45) is 0 Å². The Kier molecular flexibility index (Phi) is 6.80. The topological polar surface area (TPSA) is 260 Å². The van der Waals surface area contributed by atoms with Gasteiger partial charge in [0.25, 0.3) is 0 Å². The third-order valence-corrected chi connectivity index (χ3v) is 9.25. The molecule has 7 heterocycles. The summed E-state index contributed by atoms with van der Waals surface area (Å²) in [6.07, 6.45) is -3.74. The van der Waals surface area contributed by atoms with Crippen molar-refractivity contribution in [3.05, 3.63) is 37.2 Å². The number of nitrogens with two attached hydrogens (primary N) is 2. The van der Waals surface area contributed by atoms with Crippen molar-refractivity contribution in [2.45, 2.75) is 49.5 Å². The second kappa shape index (κ2) is 10.3. The van der Waals surface area contributed by atoms with Gasteiger partial charge < -0.3 is 30.7 Å². The van der Waals surface area contributed by atoms with Gasteiger partial charge in [-0.2, -0.15) is 0 Å². The molecule has 4 aromatic rings. The van der Waals surface area contributed by atoms with Crippen LogP contribution in [0.4, 0.5) is 16.0 Å². The van der Waals surface area contributed by atoms with E-state index < -0.39 is 65.1 Å². The van der Waals surface area contributed by atoms with E-state index in [0.717, 1.165) is 18.2 Å². The SMILES string of the molecule is Nc1ncnc2c1ncn2[C@@H]1O[C@@H]2COP(=O)(O)O[C@H]3C[C@H](n4cnc5c(N)ncnc54)O[C@@H]3/C=C/P(=O)(O)O[C@H]2[C@H]1F. The highest BCUT2D eigenvalue weighted by molar-refractivity contribution is 7.56. The summed E-state index contributed by atoms with van der Waals surface area (Å²) in [7, 11) is -9.49. The van der Waals surface area contributed by atoms with Crippen molar-refractivity contribution < 1.29 is 46.4 Å². The van der Waals surface area contributed by atoms with Gasteiger partial charge in [0, 0.05) is 12.2 Å². The standard InChI is InChI=1S/C21H23FN10O9P2/c22-13-16-11(39-21(13)32-8-30-15-18(24)26-6-28-20(15)32)4-37-43(35,36)40-10-3-12(38-9(10)1-2-42(33,34)41-16)31-7-29-14-17(23)25-5-27-19(14)31/h1-2,5-13,16,21H,3-4H2,(H,33,34)(H,35,36)(H2,23,25,27)(H2,24,26,28)/b2-1+/t9-,10+,11-,12-,13-,16-,21-/m1/s1. The Bertz CT molecular complexity index is 1840. The lowest BCUT2D eigenvalue weighted by molar-refractivity contribution is -0.0475. The number of halogens is 1. The molecule has 9 atom stereocenters. The maximum atomic E-state index is 15.9. The van der Waals surface area contributed by atoms with Gasteiger partial charge in [-0.1, -0.05) is 0 Å². The van der Waals surface area contributed by atoms with Gasteiger partial charge in [0.15, 0.2) is 35.3 Å². The highest BCUT2D eigenvalue weighted by Gasteiger charge is 2.51. The highest BCUT2D eigenvalue weighted by atomic mass is 31.2. The fourth-order valence-corrected chi connectivity index (χ4v) is 7.20. The molecule has 0 aliphatic carbocycles. The zero-order chi connectivity index (χ0) is 30.1. The van der Waals surface area contributed by atoms with Crippen molar-refractivity contribution in [3.63, 3.8) is 0 Å². The van der Waals surface area contributed by atoms with E-state index in [1.165, 1.54) is 28.1 Å². The number of phosphoric ester groups is 1. The number of aromatic nitrogens is 8. The maximum Gasteiger partial charge on any atom is 0.472 e. The monoisotopic (exact) mass is 640 g/mol. The molecule has 22 heteroatoms. The molecule has 2 saturated heterocycles. The van der Waals surface area contributed by atoms with E-state index in [1.807, 2.05) is 0 Å². The fourth-order valence-electron chi connectivity index (χ4n) is 5.20. The summed E-state index contributed by atoms with van der Waals surface area (Å²) in [5.74, 6) is 0.974. The van der Waals surface area contributed by atoms with Crippen LogP contribution in [0.2, 0.25) is 0 Å². The normalized spacial score (nSPS) is 37.5. The molecule has 7 rings (SSSR count). The molecule has 3 aliphatic heterocycles. The largest absolute Gasteiger partial charge is 0.472 e. The first-order chi connectivity index (χ1) is 20.5. The third kappa shape index (κ3) is 5.09. The number of alkyl halides is 1. The molecular formula is C21H23FN10O9P2. The molecule has 0 aromatic carbocycles. The van der Waals surface area contributed by atoms with E-state index in [1.54, 1.807) is 0 Å². The lowest BCUT2D eigenvalue weighted by Crippen LogP contribution is -2.34. The molecule has 2 unspecified atom stereocenters. The van der Waals surface area contributed by atoms with Gasteiger partial charge in [0.2, 0.25) is 0 Å². The Morgan fingerprint density at radius 2 is 1.53 bits per heavy atom. The number of phosphoric acid groups is 1. The first-order valence-corrected chi connectivity index (χ1v) is 15.8. The van der Waals surface area contributed by atoms with Crippen molar-refractivity contribution in [1.82, 2.24) is 39.0 Å². The zero-order valence-electron chi connectivity index (χ0n) is 21.7. The Morgan fingerprint density at radius 1 is 0.884 bits per heavy atom. The van der Waals surface area contributed by atoms with E-state index in [4.69, 9.17) is 34.5 Å². The molecule has 2 fully saturated rings. The molecule has 4 aromatic heterocycles. The Labute approximate surface area is 239 Å². The second-order valence-corrected chi connectivity index (χ2v) is 12.9. The summed E-state index contributed by atoms with van der Waals surface area (Å²) in [4.78, 5) is 45.4. The van der Waals surface area contributed by atoms with Crippen LogP contribution >= 0.6 is 15.4 Å². The number of nitrogen functional groups attached to an aromatic ring is 2. The summed E-state index contributed by atoms with van der Waals surface area (Å²) in [5, 5.41) is 0. The Hall–Kier alpha value is -3.45. The first-order valence-electron chi connectivity index (χ1n) is 12.7. The minimum Gasteiger partial charge on any atom is -0.382 e. The number of fused-ring (bicyclic) bond motifs is 4. The van der Waals surface area contributed by atoms with Gasteiger partial charge in [-0.05, 0) is 6.08 Å². The number of imidazole rings is 2. The maximum absolute atomic E-state index is 15.9. The van der Waals surface area contributed by atoms with Crippen LogP contribution in [0.25, 0.3) is 22.3 Å². The number of anilines is 2. The molecule has 0 amide bonds. The van der Waals surface area contributed by atoms with Gasteiger partial charge >= 0.3 is 15.4 Å². The van der Waals surface area contributed by atoms with Crippen LogP contribution in [0.3, 0.4) is 0 Å². The second-order valence-electron chi connectivity index (χ2n) is 9.85. The molecule has 3 aliphatic rings. The van der Waals surface area contributed by atoms with E-state index in [0.29, 0.717) is 11.2 Å². The Balaban J connectivity index is 1.18.